The first kappa shape index (κ1) is 19.7. The summed E-state index contributed by atoms with van der Waals surface area (Å²) in [6, 6.07) is 15.5. The number of nitrogens with one attached hydrogen (secondary N) is 1. The molecule has 0 aromatic heterocycles. The highest BCUT2D eigenvalue weighted by Crippen LogP contribution is 2.33. The molecular weight excluding hydrogens is 332 g/mol. The fourth-order valence-electron chi connectivity index (χ4n) is 3.96. The molecule has 27 heavy (non-hydrogen) atoms. The van der Waals surface area contributed by atoms with Gasteiger partial charge in [0.25, 0.3) is 0 Å². The summed E-state index contributed by atoms with van der Waals surface area (Å²) in [5.74, 6) is 1.02. The third kappa shape index (κ3) is 5.21. The molecule has 0 amide bonds. The van der Waals surface area contributed by atoms with Crippen LogP contribution in [0.4, 0.5) is 0 Å². The number of nitrogens with zero attached hydrogens (tertiary/aromatic N) is 1. The standard InChI is InChI=1S/C24H32N2O/c1-4-5-11-23(26-14-12-25-13-15-26)22-16-19(2)24(20(3)17-22)27-18-21-9-7-6-8-10-21/h4,6-10,16-17,23,25H,1,5,11-15,18H2,2-3H3/t23-/m0/s1. The van der Waals surface area contributed by atoms with Gasteiger partial charge in [-0.3, -0.25) is 4.90 Å². The van der Waals surface area contributed by atoms with Gasteiger partial charge in [0.05, 0.1) is 0 Å². The molecule has 3 rings (SSSR count). The molecule has 0 unspecified atom stereocenters. The first-order valence-electron chi connectivity index (χ1n) is 10.0. The first-order valence-corrected chi connectivity index (χ1v) is 10.0. The van der Waals surface area contributed by atoms with Crippen molar-refractivity contribution in [2.45, 2.75) is 39.3 Å². The maximum atomic E-state index is 6.18. The summed E-state index contributed by atoms with van der Waals surface area (Å²) in [6.45, 7) is 13.2. The lowest BCUT2D eigenvalue weighted by atomic mass is 9.95. The number of ether oxygens (including phenoxy) is 1. The molecule has 1 heterocycles. The summed E-state index contributed by atoms with van der Waals surface area (Å²) in [5.41, 5.74) is 5.05. The molecule has 0 radical (unpaired) electrons. The van der Waals surface area contributed by atoms with Gasteiger partial charge in [0.1, 0.15) is 12.4 Å². The maximum Gasteiger partial charge on any atom is 0.125 e. The van der Waals surface area contributed by atoms with Gasteiger partial charge in [0.2, 0.25) is 0 Å². The third-order valence-corrected chi connectivity index (χ3v) is 5.33. The van der Waals surface area contributed by atoms with Crippen molar-refractivity contribution in [3.8, 4) is 5.75 Å². The Morgan fingerprint density at radius 3 is 2.41 bits per heavy atom. The molecule has 144 valence electrons. The van der Waals surface area contributed by atoms with Gasteiger partial charge in [-0.2, -0.15) is 0 Å². The Kier molecular flexibility index (Phi) is 7.08. The van der Waals surface area contributed by atoms with Crippen LogP contribution in [0, 0.1) is 13.8 Å². The fourth-order valence-corrected chi connectivity index (χ4v) is 3.96. The maximum absolute atomic E-state index is 6.18. The van der Waals surface area contributed by atoms with Crippen LogP contribution in [0.25, 0.3) is 0 Å². The van der Waals surface area contributed by atoms with Gasteiger partial charge >= 0.3 is 0 Å². The number of piperazine rings is 1. The third-order valence-electron chi connectivity index (χ3n) is 5.33. The van der Waals surface area contributed by atoms with Crippen LogP contribution in [-0.2, 0) is 6.61 Å². The van der Waals surface area contributed by atoms with E-state index in [9.17, 15) is 0 Å². The van der Waals surface area contributed by atoms with Crippen molar-refractivity contribution >= 4 is 0 Å². The van der Waals surface area contributed by atoms with Gasteiger partial charge in [-0.25, -0.2) is 0 Å². The second-order valence-corrected chi connectivity index (χ2v) is 7.43. The molecule has 1 aliphatic rings. The van der Waals surface area contributed by atoms with E-state index in [2.05, 4.69) is 67.0 Å². The molecule has 1 saturated heterocycles. The Morgan fingerprint density at radius 2 is 1.78 bits per heavy atom. The fraction of sp³-hybridized carbons (Fsp3) is 0.417. The van der Waals surface area contributed by atoms with Crippen LogP contribution in [0.1, 0.15) is 41.1 Å². The molecule has 3 nitrogen and oxygen atoms in total. The number of hydrogen-bond donors (Lipinski definition) is 1. The Morgan fingerprint density at radius 1 is 1.11 bits per heavy atom. The largest absolute Gasteiger partial charge is 0.488 e. The number of benzene rings is 2. The lowest BCUT2D eigenvalue weighted by Crippen LogP contribution is -2.45. The molecule has 2 aromatic carbocycles. The van der Waals surface area contributed by atoms with Crippen LogP contribution >= 0.6 is 0 Å². The van der Waals surface area contributed by atoms with Crippen molar-refractivity contribution in [3.63, 3.8) is 0 Å². The highest BCUT2D eigenvalue weighted by Gasteiger charge is 2.23. The minimum absolute atomic E-state index is 0.450. The van der Waals surface area contributed by atoms with Gasteiger partial charge in [0.15, 0.2) is 0 Å². The zero-order valence-electron chi connectivity index (χ0n) is 16.7. The van der Waals surface area contributed by atoms with E-state index in [0.29, 0.717) is 12.6 Å². The van der Waals surface area contributed by atoms with E-state index in [-0.39, 0.29) is 0 Å². The van der Waals surface area contributed by atoms with Crippen LogP contribution in [0.15, 0.2) is 55.1 Å². The smallest absolute Gasteiger partial charge is 0.125 e. The van der Waals surface area contributed by atoms with E-state index in [1.165, 1.54) is 22.3 Å². The van der Waals surface area contributed by atoms with Gasteiger partial charge in [-0.05, 0) is 48.9 Å². The number of hydrogen-bond acceptors (Lipinski definition) is 3. The Labute approximate surface area is 164 Å². The molecule has 1 N–H and O–H groups in total. The van der Waals surface area contributed by atoms with Crippen LogP contribution < -0.4 is 10.1 Å². The summed E-state index contributed by atoms with van der Waals surface area (Å²) in [4.78, 5) is 2.61. The second-order valence-electron chi connectivity index (χ2n) is 7.43. The van der Waals surface area contributed by atoms with Gasteiger partial charge in [-0.15, -0.1) is 6.58 Å². The van der Waals surface area contributed by atoms with E-state index < -0.39 is 0 Å². The molecule has 2 aromatic rings. The normalized spacial score (nSPS) is 16.1. The SMILES string of the molecule is C=CCC[C@@H](c1cc(C)c(OCc2ccccc2)c(C)c1)N1CCNCC1. The summed E-state index contributed by atoms with van der Waals surface area (Å²) >= 11 is 0. The van der Waals surface area contributed by atoms with Crippen molar-refractivity contribution < 1.29 is 4.74 Å². The molecule has 1 fully saturated rings. The molecule has 0 bridgehead atoms. The summed E-state index contributed by atoms with van der Waals surface area (Å²) in [5, 5.41) is 3.46. The van der Waals surface area contributed by atoms with E-state index in [1.54, 1.807) is 0 Å². The topological polar surface area (TPSA) is 24.5 Å². The van der Waals surface area contributed by atoms with Crippen LogP contribution in [-0.4, -0.2) is 31.1 Å². The summed E-state index contributed by atoms with van der Waals surface area (Å²) in [7, 11) is 0. The number of allylic oxidation sites excluding steroid dienone is 1. The average Bonchev–Trinajstić information content (AvgIpc) is 2.69. The van der Waals surface area contributed by atoms with E-state index in [1.807, 2.05) is 12.1 Å². The highest BCUT2D eigenvalue weighted by molar-refractivity contribution is 5.44. The Hall–Kier alpha value is -2.10. The Bertz CT molecular complexity index is 712. The monoisotopic (exact) mass is 364 g/mol. The lowest BCUT2D eigenvalue weighted by Gasteiger charge is -2.35. The minimum Gasteiger partial charge on any atom is -0.488 e. The molecule has 1 atom stereocenters. The molecule has 0 spiro atoms. The quantitative estimate of drug-likeness (QED) is 0.681. The van der Waals surface area contributed by atoms with Gasteiger partial charge in [0, 0.05) is 32.2 Å². The number of rotatable bonds is 8. The summed E-state index contributed by atoms with van der Waals surface area (Å²) < 4.78 is 6.18. The lowest BCUT2D eigenvalue weighted by molar-refractivity contribution is 0.166. The molecule has 3 heteroatoms. The van der Waals surface area contributed by atoms with Crippen molar-refractivity contribution in [2.24, 2.45) is 0 Å². The molecular formula is C24H32N2O. The van der Waals surface area contributed by atoms with E-state index in [4.69, 9.17) is 4.74 Å². The summed E-state index contributed by atoms with van der Waals surface area (Å²) in [6.07, 6.45) is 4.19. The van der Waals surface area contributed by atoms with E-state index in [0.717, 1.165) is 44.8 Å². The van der Waals surface area contributed by atoms with Crippen molar-refractivity contribution in [1.82, 2.24) is 10.2 Å². The predicted molar refractivity (Wildman–Crippen MR) is 113 cm³/mol. The molecule has 1 aliphatic heterocycles. The van der Waals surface area contributed by atoms with Crippen LogP contribution in [0.5, 0.6) is 5.75 Å². The van der Waals surface area contributed by atoms with Crippen molar-refractivity contribution in [3.05, 3.63) is 77.4 Å². The van der Waals surface area contributed by atoms with Gasteiger partial charge in [-0.1, -0.05) is 48.5 Å². The second kappa shape index (κ2) is 9.72. The van der Waals surface area contributed by atoms with E-state index >= 15 is 0 Å². The first-order chi connectivity index (χ1) is 13.2. The highest BCUT2D eigenvalue weighted by atomic mass is 16.5. The van der Waals surface area contributed by atoms with Crippen LogP contribution in [0.3, 0.4) is 0 Å². The zero-order chi connectivity index (χ0) is 19.1. The average molecular weight is 365 g/mol. The molecule has 0 saturated carbocycles. The minimum atomic E-state index is 0.450. The zero-order valence-corrected chi connectivity index (χ0v) is 16.7. The van der Waals surface area contributed by atoms with Gasteiger partial charge < -0.3 is 10.1 Å². The van der Waals surface area contributed by atoms with Crippen molar-refractivity contribution in [2.75, 3.05) is 26.2 Å². The number of aryl methyl sites for hydroxylation is 2. The Balaban J connectivity index is 1.79. The molecule has 0 aliphatic carbocycles. The predicted octanol–water partition coefficient (Wildman–Crippen LogP) is 4.79. The van der Waals surface area contributed by atoms with Crippen molar-refractivity contribution in [1.29, 1.82) is 0 Å². The van der Waals surface area contributed by atoms with Crippen LogP contribution in [0.2, 0.25) is 0 Å².